The number of fused-ring (bicyclic) bond motifs is 1. The van der Waals surface area contributed by atoms with Gasteiger partial charge in [0.15, 0.2) is 0 Å². The minimum Gasteiger partial charge on any atom is -0.444 e. The van der Waals surface area contributed by atoms with Crippen LogP contribution in [0.4, 0.5) is 9.59 Å². The molecule has 0 bridgehead atoms. The van der Waals surface area contributed by atoms with Gasteiger partial charge in [0.2, 0.25) is 0 Å². The molecule has 1 fully saturated rings. The topological polar surface area (TPSA) is 109 Å². The maximum Gasteiger partial charge on any atom is 0.408 e. The van der Waals surface area contributed by atoms with Gasteiger partial charge in [0.05, 0.1) is 11.6 Å². The number of nitrogens with two attached hydrogens (primary N) is 1. The van der Waals surface area contributed by atoms with E-state index in [1.165, 1.54) is 0 Å². The van der Waals surface area contributed by atoms with E-state index in [0.29, 0.717) is 5.70 Å². The quantitative estimate of drug-likeness (QED) is 0.527. The van der Waals surface area contributed by atoms with E-state index < -0.39 is 23.3 Å². The zero-order valence-electron chi connectivity index (χ0n) is 21.4. The van der Waals surface area contributed by atoms with Gasteiger partial charge >= 0.3 is 12.1 Å². The number of allylic oxidation sites excluding steroid dienone is 1. The molecule has 3 amide bonds. The molecule has 8 nitrogen and oxygen atoms in total. The number of nitrogens with zero attached hydrogens (tertiary/aromatic N) is 2. The van der Waals surface area contributed by atoms with Crippen LogP contribution in [0.25, 0.3) is 0 Å². The molecule has 2 aromatic carbocycles. The lowest BCUT2D eigenvalue weighted by Crippen LogP contribution is -2.52. The smallest absolute Gasteiger partial charge is 0.408 e. The molecule has 0 radical (unpaired) electrons. The molecule has 5 rings (SSSR count). The van der Waals surface area contributed by atoms with Crippen molar-refractivity contribution >= 4 is 18.0 Å². The number of alkyl carbamates (subject to hydrolysis) is 1. The van der Waals surface area contributed by atoms with Crippen molar-refractivity contribution < 1.29 is 14.3 Å². The number of aliphatic imine (C=N–C) groups is 1. The van der Waals surface area contributed by atoms with Crippen molar-refractivity contribution in [3.8, 4) is 0 Å². The molecule has 4 N–H and O–H groups in total. The van der Waals surface area contributed by atoms with Gasteiger partial charge in [-0.1, -0.05) is 54.6 Å². The van der Waals surface area contributed by atoms with Crippen molar-refractivity contribution in [3.05, 3.63) is 95.3 Å². The summed E-state index contributed by atoms with van der Waals surface area (Å²) in [7, 11) is 0. The third-order valence-electron chi connectivity index (χ3n) is 6.99. The fraction of sp³-hybridized carbons (Fsp3) is 0.345. The van der Waals surface area contributed by atoms with Gasteiger partial charge in [-0.2, -0.15) is 0 Å². The monoisotopic (exact) mass is 499 g/mol. The number of primary amides is 1. The minimum atomic E-state index is -0.611. The number of urea groups is 1. The van der Waals surface area contributed by atoms with Crippen LogP contribution in [-0.4, -0.2) is 28.5 Å². The lowest BCUT2D eigenvalue weighted by molar-refractivity contribution is 0.0377. The van der Waals surface area contributed by atoms with Crippen molar-refractivity contribution in [1.29, 1.82) is 0 Å². The molecule has 1 saturated carbocycles. The summed E-state index contributed by atoms with van der Waals surface area (Å²) < 4.78 is 5.53. The standard InChI is InChI=1S/C29H33N5O3/c1-28(2,3)37-27(36)33-29(15-7-16-29)21-12-10-19(11-13-21)24-25(20-8-5-4-6-9-20)34-17-14-22(31-26(30)35)18-23(34)32-24/h4-6,8-14,17-18,24-25H,7,15-16H2,1-3H3,(H,33,36)(H3,30,31,35). The van der Waals surface area contributed by atoms with Crippen LogP contribution in [0.3, 0.4) is 0 Å². The van der Waals surface area contributed by atoms with E-state index in [2.05, 4.69) is 51.9 Å². The molecule has 8 heteroatoms. The highest BCUT2D eigenvalue weighted by Gasteiger charge is 2.42. The molecule has 3 aliphatic rings. The Labute approximate surface area is 217 Å². The molecule has 2 atom stereocenters. The largest absolute Gasteiger partial charge is 0.444 e. The van der Waals surface area contributed by atoms with E-state index in [-0.39, 0.29) is 12.1 Å². The SMILES string of the molecule is CC(C)(C)OC(=O)NC1(c2ccc(C3N=C4C=C(NC(N)=O)C=CN4C3c3ccccc3)cc2)CCC1. The van der Waals surface area contributed by atoms with Gasteiger partial charge in [-0.25, -0.2) is 9.59 Å². The Bertz CT molecular complexity index is 1270. The summed E-state index contributed by atoms with van der Waals surface area (Å²) in [6.07, 6.45) is 8.02. The van der Waals surface area contributed by atoms with Crippen molar-refractivity contribution in [1.82, 2.24) is 15.5 Å². The van der Waals surface area contributed by atoms with Gasteiger partial charge in [0, 0.05) is 18.0 Å². The summed E-state index contributed by atoms with van der Waals surface area (Å²) in [4.78, 5) is 31.1. The zero-order chi connectivity index (χ0) is 26.2. The summed E-state index contributed by atoms with van der Waals surface area (Å²) in [5.74, 6) is 0.760. The molecular weight excluding hydrogens is 466 g/mol. The summed E-state index contributed by atoms with van der Waals surface area (Å²) in [5, 5.41) is 5.76. The molecule has 0 saturated heterocycles. The van der Waals surface area contributed by atoms with Crippen LogP contribution in [-0.2, 0) is 10.3 Å². The number of carbonyl (C=O) groups excluding carboxylic acids is 2. The number of amidine groups is 1. The predicted octanol–water partition coefficient (Wildman–Crippen LogP) is 5.17. The molecule has 37 heavy (non-hydrogen) atoms. The Morgan fingerprint density at radius 1 is 1.05 bits per heavy atom. The number of hydrogen-bond donors (Lipinski definition) is 3. The first-order valence-corrected chi connectivity index (χ1v) is 12.6. The van der Waals surface area contributed by atoms with Crippen LogP contribution >= 0.6 is 0 Å². The maximum absolute atomic E-state index is 12.6. The lowest BCUT2D eigenvalue weighted by Gasteiger charge is -2.43. The van der Waals surface area contributed by atoms with Crippen LogP contribution in [0.15, 0.2) is 83.6 Å². The van der Waals surface area contributed by atoms with Crippen LogP contribution in [0.5, 0.6) is 0 Å². The molecule has 2 unspecified atom stereocenters. The third-order valence-corrected chi connectivity index (χ3v) is 6.99. The molecule has 0 aromatic heterocycles. The summed E-state index contributed by atoms with van der Waals surface area (Å²) >= 11 is 0. The maximum atomic E-state index is 12.6. The van der Waals surface area contributed by atoms with Crippen LogP contribution in [0.2, 0.25) is 0 Å². The van der Waals surface area contributed by atoms with E-state index in [1.54, 1.807) is 0 Å². The third kappa shape index (κ3) is 5.09. The van der Waals surface area contributed by atoms with Gasteiger partial charge < -0.3 is 26.0 Å². The van der Waals surface area contributed by atoms with Gasteiger partial charge in [0.25, 0.3) is 0 Å². The first kappa shape index (κ1) is 24.6. The van der Waals surface area contributed by atoms with Gasteiger partial charge in [-0.05, 0) is 62.8 Å². The number of rotatable bonds is 5. The predicted molar refractivity (Wildman–Crippen MR) is 142 cm³/mol. The van der Waals surface area contributed by atoms with Crippen molar-refractivity contribution in [2.45, 2.75) is 63.3 Å². The average molecular weight is 500 g/mol. The number of carbonyl (C=O) groups is 2. The Hall–Kier alpha value is -4.07. The number of nitrogens with one attached hydrogen (secondary N) is 2. The summed E-state index contributed by atoms with van der Waals surface area (Å²) in [6.45, 7) is 5.60. The normalized spacial score (nSPS) is 21.8. The highest BCUT2D eigenvalue weighted by Crippen LogP contribution is 2.45. The molecular formula is C29H33N5O3. The Morgan fingerprint density at radius 2 is 1.76 bits per heavy atom. The number of hydrogen-bond acceptors (Lipinski definition) is 5. The molecule has 1 aliphatic carbocycles. The van der Waals surface area contributed by atoms with Crippen LogP contribution in [0, 0.1) is 0 Å². The van der Waals surface area contributed by atoms with E-state index in [0.717, 1.165) is 41.8 Å². The van der Waals surface area contributed by atoms with Crippen molar-refractivity contribution in [3.63, 3.8) is 0 Å². The number of ether oxygens (including phenoxy) is 1. The zero-order valence-corrected chi connectivity index (χ0v) is 21.4. The summed E-state index contributed by atoms with van der Waals surface area (Å²) in [6, 6.07) is 17.9. The molecule has 2 aliphatic heterocycles. The second-order valence-electron chi connectivity index (χ2n) is 10.8. The van der Waals surface area contributed by atoms with Gasteiger partial charge in [-0.15, -0.1) is 0 Å². The van der Waals surface area contributed by atoms with Crippen molar-refractivity contribution in [2.24, 2.45) is 10.7 Å². The highest BCUT2D eigenvalue weighted by atomic mass is 16.6. The Morgan fingerprint density at radius 3 is 2.35 bits per heavy atom. The van der Waals surface area contributed by atoms with Gasteiger partial charge in [-0.3, -0.25) is 4.99 Å². The van der Waals surface area contributed by atoms with Gasteiger partial charge in [0.1, 0.15) is 17.5 Å². The van der Waals surface area contributed by atoms with Crippen molar-refractivity contribution in [2.75, 3.05) is 0 Å². The second kappa shape index (κ2) is 9.42. The average Bonchev–Trinajstić information content (AvgIpc) is 3.19. The first-order chi connectivity index (χ1) is 17.6. The summed E-state index contributed by atoms with van der Waals surface area (Å²) in [5.41, 5.74) is 8.24. The second-order valence-corrected chi connectivity index (χ2v) is 10.8. The fourth-order valence-corrected chi connectivity index (χ4v) is 5.19. The van der Waals surface area contributed by atoms with Crippen LogP contribution in [0.1, 0.15) is 68.8 Å². The Balaban J connectivity index is 1.43. The molecule has 192 valence electrons. The minimum absolute atomic E-state index is 0.0396. The van der Waals surface area contributed by atoms with E-state index in [9.17, 15) is 9.59 Å². The van der Waals surface area contributed by atoms with E-state index in [4.69, 9.17) is 15.5 Å². The Kier molecular flexibility index (Phi) is 6.27. The highest BCUT2D eigenvalue weighted by molar-refractivity contribution is 5.98. The van der Waals surface area contributed by atoms with E-state index >= 15 is 0 Å². The van der Waals surface area contributed by atoms with E-state index in [1.807, 2.05) is 57.3 Å². The molecule has 2 heterocycles. The first-order valence-electron chi connectivity index (χ1n) is 12.6. The fourth-order valence-electron chi connectivity index (χ4n) is 5.19. The van der Waals surface area contributed by atoms with Crippen LogP contribution < -0.4 is 16.4 Å². The molecule has 2 aromatic rings. The molecule has 0 spiro atoms. The number of benzene rings is 2. The number of amides is 3. The lowest BCUT2D eigenvalue weighted by atomic mass is 9.71.